The van der Waals surface area contributed by atoms with Gasteiger partial charge in [0.2, 0.25) is 6.04 Å². The van der Waals surface area contributed by atoms with Gasteiger partial charge < -0.3 is 24.3 Å². The predicted molar refractivity (Wildman–Crippen MR) is 126 cm³/mol. The molecule has 0 spiro atoms. The van der Waals surface area contributed by atoms with Crippen molar-refractivity contribution in [2.75, 3.05) is 32.8 Å². The van der Waals surface area contributed by atoms with Gasteiger partial charge in [0.25, 0.3) is 5.91 Å². The number of amides is 1. The van der Waals surface area contributed by atoms with E-state index < -0.39 is 17.7 Å². The quantitative estimate of drug-likeness (QED) is 0.324. The fourth-order valence-corrected chi connectivity index (χ4v) is 3.17. The average molecular weight is 498 g/mol. The maximum absolute atomic E-state index is 12.9. The maximum Gasteiger partial charge on any atom is 0.258 e. The van der Waals surface area contributed by atoms with E-state index in [1.54, 1.807) is 6.07 Å². The van der Waals surface area contributed by atoms with Crippen LogP contribution in [0.1, 0.15) is 20.8 Å². The summed E-state index contributed by atoms with van der Waals surface area (Å²) < 4.78 is 21.6. The second-order valence-electron chi connectivity index (χ2n) is 6.49. The highest BCUT2D eigenvalue weighted by molar-refractivity contribution is 6.34. The molecule has 9 nitrogen and oxygen atoms in total. The number of methoxy groups -OCH3 is 2. The molecule has 1 unspecified atom stereocenters. The van der Waals surface area contributed by atoms with Crippen LogP contribution in [-0.2, 0) is 9.59 Å². The number of hydrogen-bond acceptors (Lipinski definition) is 8. The van der Waals surface area contributed by atoms with Crippen molar-refractivity contribution < 1.29 is 28.5 Å². The highest BCUT2D eigenvalue weighted by Crippen LogP contribution is 2.42. The molecule has 0 fully saturated rings. The van der Waals surface area contributed by atoms with Crippen molar-refractivity contribution in [2.24, 2.45) is 10.2 Å². The fourth-order valence-electron chi connectivity index (χ4n) is 2.78. The van der Waals surface area contributed by atoms with E-state index >= 15 is 0 Å². The molecule has 1 N–H and O–H groups in total. The van der Waals surface area contributed by atoms with Gasteiger partial charge in [-0.15, -0.1) is 5.11 Å². The molecule has 2 aromatic rings. The summed E-state index contributed by atoms with van der Waals surface area (Å²) in [7, 11) is 2.86. The second kappa shape index (κ2) is 12.3. The molecule has 1 atom stereocenters. The highest BCUT2D eigenvalue weighted by Gasteiger charge is 2.25. The van der Waals surface area contributed by atoms with Crippen molar-refractivity contribution in [1.82, 2.24) is 0 Å². The summed E-state index contributed by atoms with van der Waals surface area (Å²) in [6.07, 6.45) is 0. The van der Waals surface area contributed by atoms with Crippen LogP contribution in [0.3, 0.4) is 0 Å². The summed E-state index contributed by atoms with van der Waals surface area (Å²) in [5.41, 5.74) is 0.349. The Kier molecular flexibility index (Phi) is 9.74. The number of rotatable bonds is 11. The van der Waals surface area contributed by atoms with Crippen molar-refractivity contribution in [3.05, 3.63) is 34.3 Å². The first-order chi connectivity index (χ1) is 15.8. The molecule has 11 heteroatoms. The highest BCUT2D eigenvalue weighted by atomic mass is 35.5. The molecule has 0 aliphatic heterocycles. The fraction of sp³-hybridized carbons (Fsp3) is 0.364. The third kappa shape index (κ3) is 6.49. The Morgan fingerprint density at radius 2 is 1.61 bits per heavy atom. The van der Waals surface area contributed by atoms with Crippen molar-refractivity contribution in [3.63, 3.8) is 0 Å². The third-order valence-electron chi connectivity index (χ3n) is 4.27. The van der Waals surface area contributed by atoms with Crippen molar-refractivity contribution >= 4 is 46.3 Å². The lowest BCUT2D eigenvalue weighted by Crippen LogP contribution is -2.32. The monoisotopic (exact) mass is 497 g/mol. The Morgan fingerprint density at radius 1 is 0.970 bits per heavy atom. The number of nitrogens with zero attached hydrogens (tertiary/aromatic N) is 2. The summed E-state index contributed by atoms with van der Waals surface area (Å²) in [5, 5.41) is 10.9. The largest absolute Gasteiger partial charge is 0.493 e. The lowest BCUT2D eigenvalue weighted by atomic mass is 10.2. The molecule has 0 aliphatic rings. The minimum absolute atomic E-state index is 0.121. The summed E-state index contributed by atoms with van der Waals surface area (Å²) in [4.78, 5) is 25.0. The normalized spacial score (nSPS) is 11.7. The van der Waals surface area contributed by atoms with Gasteiger partial charge in [0, 0.05) is 12.1 Å². The van der Waals surface area contributed by atoms with Crippen LogP contribution in [-0.4, -0.2) is 45.2 Å². The average Bonchev–Trinajstić information content (AvgIpc) is 2.77. The Hall–Kier alpha value is -3.04. The van der Waals surface area contributed by atoms with Gasteiger partial charge in [-0.2, -0.15) is 5.11 Å². The number of azo groups is 1. The van der Waals surface area contributed by atoms with Gasteiger partial charge in [0.05, 0.1) is 43.2 Å². The van der Waals surface area contributed by atoms with Crippen LogP contribution in [0.5, 0.6) is 23.0 Å². The summed E-state index contributed by atoms with van der Waals surface area (Å²) >= 11 is 12.5. The number of carbonyl (C=O) groups excluding carboxylic acids is 2. The molecule has 2 aromatic carbocycles. The molecular weight excluding hydrogens is 473 g/mol. The van der Waals surface area contributed by atoms with Gasteiger partial charge in [0.1, 0.15) is 5.69 Å². The number of ketones is 1. The molecule has 0 bridgehead atoms. The number of carbonyl (C=O) groups is 2. The Balaban J connectivity index is 2.36. The van der Waals surface area contributed by atoms with Crippen molar-refractivity contribution in [2.45, 2.75) is 26.8 Å². The van der Waals surface area contributed by atoms with E-state index in [-0.39, 0.29) is 27.2 Å². The summed E-state index contributed by atoms with van der Waals surface area (Å²) in [6, 6.07) is 4.71. The van der Waals surface area contributed by atoms with Gasteiger partial charge in [-0.25, -0.2) is 0 Å². The summed E-state index contributed by atoms with van der Waals surface area (Å²) in [6.45, 7) is 5.64. The molecule has 0 saturated heterocycles. The van der Waals surface area contributed by atoms with Crippen LogP contribution in [0.4, 0.5) is 11.4 Å². The number of nitrogens with one attached hydrogen (secondary N) is 1. The number of halogens is 2. The smallest absolute Gasteiger partial charge is 0.258 e. The lowest BCUT2D eigenvalue weighted by Gasteiger charge is -2.16. The van der Waals surface area contributed by atoms with Gasteiger partial charge in [-0.1, -0.05) is 23.2 Å². The van der Waals surface area contributed by atoms with Crippen LogP contribution in [0.25, 0.3) is 0 Å². The van der Waals surface area contributed by atoms with Crippen LogP contribution >= 0.6 is 23.2 Å². The minimum Gasteiger partial charge on any atom is -0.493 e. The number of hydrogen-bond donors (Lipinski definition) is 1. The van der Waals surface area contributed by atoms with Gasteiger partial charge in [0.15, 0.2) is 28.8 Å². The summed E-state index contributed by atoms with van der Waals surface area (Å²) in [5.74, 6) is 0.133. The molecule has 0 aromatic heterocycles. The van der Waals surface area contributed by atoms with E-state index in [1.165, 1.54) is 39.3 Å². The van der Waals surface area contributed by atoms with Crippen LogP contribution in [0.2, 0.25) is 10.0 Å². The predicted octanol–water partition coefficient (Wildman–Crippen LogP) is 5.49. The van der Waals surface area contributed by atoms with E-state index in [1.807, 2.05) is 13.8 Å². The van der Waals surface area contributed by atoms with Gasteiger partial charge >= 0.3 is 0 Å². The molecule has 0 aliphatic carbocycles. The third-order valence-corrected chi connectivity index (χ3v) is 4.89. The van der Waals surface area contributed by atoms with Crippen LogP contribution < -0.4 is 24.3 Å². The SMILES string of the molecule is CCOc1cc(Cl)c(NC(=O)C(N=Nc2c(Cl)ccc(OC)c2OC)C(C)=O)cc1OCC. The Morgan fingerprint density at radius 3 is 2.15 bits per heavy atom. The first-order valence-corrected chi connectivity index (χ1v) is 10.7. The molecule has 2 rings (SSSR count). The van der Waals surface area contributed by atoms with E-state index in [4.69, 9.17) is 42.1 Å². The molecule has 33 heavy (non-hydrogen) atoms. The molecular formula is C22H25Cl2N3O6. The van der Waals surface area contributed by atoms with Crippen LogP contribution in [0.15, 0.2) is 34.5 Å². The number of ether oxygens (including phenoxy) is 4. The molecule has 0 saturated carbocycles. The zero-order valence-electron chi connectivity index (χ0n) is 18.9. The number of benzene rings is 2. The second-order valence-corrected chi connectivity index (χ2v) is 7.31. The molecule has 1 amide bonds. The zero-order valence-corrected chi connectivity index (χ0v) is 20.4. The molecule has 178 valence electrons. The Labute approximate surface area is 202 Å². The first-order valence-electron chi connectivity index (χ1n) is 9.99. The van der Waals surface area contributed by atoms with Gasteiger partial charge in [-0.05, 0) is 32.9 Å². The van der Waals surface area contributed by atoms with E-state index in [0.717, 1.165) is 0 Å². The Bertz CT molecular complexity index is 1050. The van der Waals surface area contributed by atoms with Crippen molar-refractivity contribution in [3.8, 4) is 23.0 Å². The number of anilines is 1. The first kappa shape index (κ1) is 26.2. The van der Waals surface area contributed by atoms with Crippen molar-refractivity contribution in [1.29, 1.82) is 0 Å². The van der Waals surface area contributed by atoms with E-state index in [2.05, 4.69) is 15.5 Å². The molecule has 0 heterocycles. The molecule has 0 radical (unpaired) electrons. The number of Topliss-reactive ketones (excluding diaryl/α,β-unsaturated/α-hetero) is 1. The minimum atomic E-state index is -1.46. The topological polar surface area (TPSA) is 108 Å². The standard InChI is InChI=1S/C22H25Cl2N3O6/c1-6-32-17-10-14(24)15(11-18(17)33-7-2)25-22(29)19(12(3)28)26-27-20-13(23)8-9-16(30-4)21(20)31-5/h8-11,19H,6-7H2,1-5H3,(H,25,29). The maximum atomic E-state index is 12.9. The van der Waals surface area contributed by atoms with Gasteiger partial charge in [-0.3, -0.25) is 9.59 Å². The van der Waals surface area contributed by atoms with Crippen LogP contribution in [0, 0.1) is 0 Å². The van der Waals surface area contributed by atoms with E-state index in [9.17, 15) is 9.59 Å². The lowest BCUT2D eigenvalue weighted by molar-refractivity contribution is -0.126. The van der Waals surface area contributed by atoms with E-state index in [0.29, 0.717) is 30.5 Å². The zero-order chi connectivity index (χ0) is 24.5.